The van der Waals surface area contributed by atoms with Gasteiger partial charge in [0.15, 0.2) is 0 Å². The number of benzene rings is 1. The third-order valence-corrected chi connectivity index (χ3v) is 4.98. The predicted octanol–water partition coefficient (Wildman–Crippen LogP) is 3.68. The fourth-order valence-corrected chi connectivity index (χ4v) is 3.49. The quantitative estimate of drug-likeness (QED) is 0.468. The minimum atomic E-state index is -4.46. The SMILES string of the molecule is Cn1cc(CNC(=O)c2nc(-c3cc4c(Br)cccc4n3CC(F)(F)F)no2)cn1. The van der Waals surface area contributed by atoms with Crippen LogP contribution in [0, 0.1) is 0 Å². The Morgan fingerprint density at radius 3 is 2.83 bits per heavy atom. The van der Waals surface area contributed by atoms with Crippen LogP contribution >= 0.6 is 15.9 Å². The van der Waals surface area contributed by atoms with Crippen molar-refractivity contribution >= 4 is 32.7 Å². The summed E-state index contributed by atoms with van der Waals surface area (Å²) >= 11 is 3.34. The number of alkyl halides is 3. The van der Waals surface area contributed by atoms with Crippen molar-refractivity contribution in [1.82, 2.24) is 29.8 Å². The highest BCUT2D eigenvalue weighted by molar-refractivity contribution is 9.10. The molecule has 3 heterocycles. The molecule has 3 aromatic heterocycles. The summed E-state index contributed by atoms with van der Waals surface area (Å²) in [6, 6.07) is 6.44. The maximum absolute atomic E-state index is 13.2. The summed E-state index contributed by atoms with van der Waals surface area (Å²) in [6.07, 6.45) is -1.14. The van der Waals surface area contributed by atoms with Gasteiger partial charge in [0.25, 0.3) is 0 Å². The Labute approximate surface area is 175 Å². The van der Waals surface area contributed by atoms with Gasteiger partial charge in [-0.05, 0) is 18.2 Å². The van der Waals surface area contributed by atoms with Gasteiger partial charge in [0.05, 0.1) is 17.4 Å². The number of halogens is 4. The molecule has 1 aromatic carbocycles. The number of fused-ring (bicyclic) bond motifs is 1. The fourth-order valence-electron chi connectivity index (χ4n) is 3.02. The van der Waals surface area contributed by atoms with Crippen molar-refractivity contribution in [1.29, 1.82) is 0 Å². The van der Waals surface area contributed by atoms with Crippen LogP contribution in [0.2, 0.25) is 0 Å². The van der Waals surface area contributed by atoms with E-state index in [4.69, 9.17) is 4.52 Å². The second-order valence-corrected chi connectivity index (χ2v) is 7.39. The van der Waals surface area contributed by atoms with Crippen LogP contribution in [0.3, 0.4) is 0 Å². The highest BCUT2D eigenvalue weighted by Gasteiger charge is 2.31. The Morgan fingerprint density at radius 2 is 2.13 bits per heavy atom. The molecule has 0 fully saturated rings. The molecule has 0 aliphatic heterocycles. The summed E-state index contributed by atoms with van der Waals surface area (Å²) in [7, 11) is 1.74. The number of carbonyl (C=O) groups is 1. The van der Waals surface area contributed by atoms with Crippen molar-refractivity contribution in [3.8, 4) is 11.5 Å². The van der Waals surface area contributed by atoms with Gasteiger partial charge in [-0.25, -0.2) is 0 Å². The minimum absolute atomic E-state index is 0.0873. The van der Waals surface area contributed by atoms with Crippen LogP contribution in [-0.2, 0) is 20.1 Å². The maximum Gasteiger partial charge on any atom is 0.406 e. The van der Waals surface area contributed by atoms with E-state index in [1.807, 2.05) is 0 Å². The molecule has 8 nitrogen and oxygen atoms in total. The second kappa shape index (κ2) is 7.59. The van der Waals surface area contributed by atoms with Crippen molar-refractivity contribution in [3.05, 3.63) is 52.6 Å². The molecule has 1 N–H and O–H groups in total. The highest BCUT2D eigenvalue weighted by atomic mass is 79.9. The number of rotatable bonds is 5. The summed E-state index contributed by atoms with van der Waals surface area (Å²) in [6.45, 7) is -1.05. The van der Waals surface area contributed by atoms with Crippen LogP contribution in [-0.4, -0.2) is 36.6 Å². The van der Waals surface area contributed by atoms with E-state index in [9.17, 15) is 18.0 Å². The number of amides is 1. The molecule has 0 unspecified atom stereocenters. The lowest BCUT2D eigenvalue weighted by Crippen LogP contribution is -2.23. The minimum Gasteiger partial charge on any atom is -0.344 e. The Morgan fingerprint density at radius 1 is 1.33 bits per heavy atom. The van der Waals surface area contributed by atoms with E-state index >= 15 is 0 Å². The van der Waals surface area contributed by atoms with Crippen molar-refractivity contribution in [3.63, 3.8) is 0 Å². The number of hydrogen-bond acceptors (Lipinski definition) is 5. The van der Waals surface area contributed by atoms with Gasteiger partial charge >= 0.3 is 18.0 Å². The van der Waals surface area contributed by atoms with Gasteiger partial charge in [-0.1, -0.05) is 27.2 Å². The zero-order valence-corrected chi connectivity index (χ0v) is 17.0. The molecule has 12 heteroatoms. The van der Waals surface area contributed by atoms with Crippen LogP contribution in [0.1, 0.15) is 16.2 Å². The van der Waals surface area contributed by atoms with Gasteiger partial charge in [-0.15, -0.1) is 0 Å². The Balaban J connectivity index is 1.64. The van der Waals surface area contributed by atoms with Gasteiger partial charge in [0, 0.05) is 35.2 Å². The van der Waals surface area contributed by atoms with Crippen LogP contribution < -0.4 is 5.32 Å². The number of aryl methyl sites for hydroxylation is 1. The molecule has 1 amide bonds. The highest BCUT2D eigenvalue weighted by Crippen LogP contribution is 2.33. The van der Waals surface area contributed by atoms with Crippen LogP contribution in [0.25, 0.3) is 22.4 Å². The van der Waals surface area contributed by atoms with E-state index in [1.54, 1.807) is 42.3 Å². The zero-order valence-electron chi connectivity index (χ0n) is 15.4. The molecule has 0 bridgehead atoms. The number of aromatic nitrogens is 5. The zero-order chi connectivity index (χ0) is 21.5. The largest absolute Gasteiger partial charge is 0.406 e. The van der Waals surface area contributed by atoms with Crippen LogP contribution in [0.4, 0.5) is 13.2 Å². The lowest BCUT2D eigenvalue weighted by atomic mass is 10.2. The van der Waals surface area contributed by atoms with Crippen LogP contribution in [0.15, 0.2) is 45.7 Å². The number of hydrogen-bond donors (Lipinski definition) is 1. The normalized spacial score (nSPS) is 11.9. The van der Waals surface area contributed by atoms with Gasteiger partial charge < -0.3 is 14.4 Å². The number of nitrogens with one attached hydrogen (secondary N) is 1. The summed E-state index contributed by atoms with van der Waals surface area (Å²) in [5.74, 6) is -1.11. The average molecular weight is 483 g/mol. The van der Waals surface area contributed by atoms with Gasteiger partial charge in [0.1, 0.15) is 6.54 Å². The summed E-state index contributed by atoms with van der Waals surface area (Å²) < 4.78 is 47.8. The summed E-state index contributed by atoms with van der Waals surface area (Å²) in [5.41, 5.74) is 1.20. The molecule has 0 atom stereocenters. The first-order valence-corrected chi connectivity index (χ1v) is 9.45. The first-order chi connectivity index (χ1) is 14.2. The fraction of sp³-hybridized carbons (Fsp3) is 0.222. The smallest absolute Gasteiger partial charge is 0.344 e. The maximum atomic E-state index is 13.2. The second-order valence-electron chi connectivity index (χ2n) is 6.53. The molecule has 0 saturated carbocycles. The third kappa shape index (κ3) is 4.08. The van der Waals surface area contributed by atoms with Crippen molar-refractivity contribution < 1.29 is 22.5 Å². The molecule has 0 aliphatic carbocycles. The molecule has 4 aromatic rings. The van der Waals surface area contributed by atoms with Gasteiger partial charge in [-0.2, -0.15) is 23.3 Å². The first kappa shape index (κ1) is 20.1. The predicted molar refractivity (Wildman–Crippen MR) is 103 cm³/mol. The van der Waals surface area contributed by atoms with E-state index in [2.05, 4.69) is 36.5 Å². The lowest BCUT2D eigenvalue weighted by Gasteiger charge is -2.11. The van der Waals surface area contributed by atoms with E-state index < -0.39 is 18.6 Å². The molecule has 0 saturated heterocycles. The van der Waals surface area contributed by atoms with E-state index in [0.29, 0.717) is 15.4 Å². The monoisotopic (exact) mass is 482 g/mol. The third-order valence-electron chi connectivity index (χ3n) is 4.29. The van der Waals surface area contributed by atoms with Crippen LogP contribution in [0.5, 0.6) is 0 Å². The van der Waals surface area contributed by atoms with E-state index in [-0.39, 0.29) is 24.0 Å². The number of nitrogens with zero attached hydrogens (tertiary/aromatic N) is 5. The standard InChI is InChI=1S/C18H14BrF3N6O2/c1-27-8-10(7-24-27)6-23-16(29)17-25-15(26-30-17)14-5-11-12(19)3-2-4-13(11)28(14)9-18(20,21)22/h2-5,7-8H,6,9H2,1H3,(H,23,29). The first-order valence-electron chi connectivity index (χ1n) is 8.65. The topological polar surface area (TPSA) is 90.8 Å². The molecule has 0 aliphatic rings. The van der Waals surface area contributed by atoms with E-state index in [0.717, 1.165) is 10.1 Å². The van der Waals surface area contributed by atoms with Crippen molar-refractivity contribution in [2.75, 3.05) is 0 Å². The number of carbonyl (C=O) groups excluding carboxylic acids is 1. The van der Waals surface area contributed by atoms with Crippen molar-refractivity contribution in [2.45, 2.75) is 19.3 Å². The molecule has 4 rings (SSSR count). The lowest BCUT2D eigenvalue weighted by molar-refractivity contribution is -0.139. The Bertz CT molecular complexity index is 1230. The molecular weight excluding hydrogens is 469 g/mol. The van der Waals surface area contributed by atoms with Crippen molar-refractivity contribution in [2.24, 2.45) is 7.05 Å². The molecule has 0 spiro atoms. The average Bonchev–Trinajstić information content (AvgIpc) is 3.38. The van der Waals surface area contributed by atoms with Gasteiger partial charge in [0.2, 0.25) is 5.82 Å². The molecular formula is C18H14BrF3N6O2. The summed E-state index contributed by atoms with van der Waals surface area (Å²) in [5, 5.41) is 10.9. The van der Waals surface area contributed by atoms with Gasteiger partial charge in [-0.3, -0.25) is 9.48 Å². The molecule has 0 radical (unpaired) electrons. The Kier molecular flexibility index (Phi) is 5.10. The summed E-state index contributed by atoms with van der Waals surface area (Å²) in [4.78, 5) is 16.3. The van der Waals surface area contributed by atoms with E-state index in [1.165, 1.54) is 6.07 Å². The molecule has 30 heavy (non-hydrogen) atoms. The molecule has 156 valence electrons. The Hall–Kier alpha value is -3.15.